The largest absolute Gasteiger partial charge is 0.493 e. The molecule has 1 heterocycles. The van der Waals surface area contributed by atoms with Gasteiger partial charge in [0.05, 0.1) is 19.9 Å². The summed E-state index contributed by atoms with van der Waals surface area (Å²) >= 11 is 0. The van der Waals surface area contributed by atoms with Crippen LogP contribution in [-0.2, 0) is 6.54 Å². The molecule has 0 saturated carbocycles. The molecule has 0 saturated heterocycles. The Bertz CT molecular complexity index is 358. The van der Waals surface area contributed by atoms with E-state index in [1.165, 1.54) is 0 Å². The third-order valence-electron chi connectivity index (χ3n) is 2.87. The van der Waals surface area contributed by atoms with Crippen LogP contribution >= 0.6 is 0 Å². The molecule has 0 fully saturated rings. The van der Waals surface area contributed by atoms with Crippen LogP contribution in [0.1, 0.15) is 12.6 Å². The summed E-state index contributed by atoms with van der Waals surface area (Å²) in [5, 5.41) is 3.35. The molecule has 1 N–H and O–H groups in total. The van der Waals surface area contributed by atoms with Gasteiger partial charge in [-0.15, -0.1) is 0 Å². The molecular weight excluding hydrogens is 230 g/mol. The quantitative estimate of drug-likeness (QED) is 0.704. The Labute approximate surface area is 109 Å². The number of likely N-dealkylation sites (N-methyl/N-ethyl adjacent to an activating group) is 1. The predicted octanol–water partition coefficient (Wildman–Crippen LogP) is 1.14. The zero-order chi connectivity index (χ0) is 13.4. The Morgan fingerprint density at radius 1 is 1.33 bits per heavy atom. The molecule has 0 aliphatic rings. The first-order valence-electron chi connectivity index (χ1n) is 6.18. The highest BCUT2D eigenvalue weighted by Gasteiger charge is 2.10. The Hall–Kier alpha value is -1.33. The van der Waals surface area contributed by atoms with Gasteiger partial charge in [0.2, 0.25) is 0 Å². The summed E-state index contributed by atoms with van der Waals surface area (Å²) in [6, 6.07) is 1.80. The van der Waals surface area contributed by atoms with Crippen molar-refractivity contribution >= 4 is 0 Å². The summed E-state index contributed by atoms with van der Waals surface area (Å²) in [6.45, 7) is 5.82. The first-order valence-corrected chi connectivity index (χ1v) is 6.18. The van der Waals surface area contributed by atoms with Gasteiger partial charge in [-0.2, -0.15) is 0 Å². The van der Waals surface area contributed by atoms with Gasteiger partial charge in [-0.1, -0.05) is 6.92 Å². The molecule has 0 amide bonds. The maximum absolute atomic E-state index is 5.33. The van der Waals surface area contributed by atoms with E-state index >= 15 is 0 Å². The molecule has 5 heteroatoms. The molecule has 1 aromatic rings. The highest BCUT2D eigenvalue weighted by atomic mass is 16.5. The number of pyridine rings is 1. The summed E-state index contributed by atoms with van der Waals surface area (Å²) in [6.07, 6.45) is 1.73. The van der Waals surface area contributed by atoms with Gasteiger partial charge in [0, 0.05) is 31.9 Å². The third kappa shape index (κ3) is 4.16. The van der Waals surface area contributed by atoms with Crippen molar-refractivity contribution in [2.45, 2.75) is 13.5 Å². The lowest BCUT2D eigenvalue weighted by Crippen LogP contribution is -2.29. The Balaban J connectivity index is 2.51. The van der Waals surface area contributed by atoms with Gasteiger partial charge in [-0.25, -0.2) is 0 Å². The van der Waals surface area contributed by atoms with Crippen molar-refractivity contribution in [3.63, 3.8) is 0 Å². The number of rotatable bonds is 8. The van der Waals surface area contributed by atoms with Crippen LogP contribution in [0, 0.1) is 0 Å². The standard InChI is InChI=1S/C13H23N3O2/c1-5-16(2)9-8-14-10-11-13(18-4)12(17-3)6-7-15-11/h6-7,14H,5,8-10H2,1-4H3. The fourth-order valence-corrected chi connectivity index (χ4v) is 1.61. The zero-order valence-corrected chi connectivity index (χ0v) is 11.7. The van der Waals surface area contributed by atoms with Crippen LogP contribution in [0.5, 0.6) is 11.5 Å². The average molecular weight is 253 g/mol. The topological polar surface area (TPSA) is 46.6 Å². The lowest BCUT2D eigenvalue weighted by atomic mass is 10.3. The lowest BCUT2D eigenvalue weighted by molar-refractivity contribution is 0.340. The normalized spacial score (nSPS) is 10.7. The molecule has 0 atom stereocenters. The summed E-state index contributed by atoms with van der Waals surface area (Å²) in [4.78, 5) is 6.57. The number of methoxy groups -OCH3 is 2. The Morgan fingerprint density at radius 2 is 2.11 bits per heavy atom. The Morgan fingerprint density at radius 3 is 2.72 bits per heavy atom. The van der Waals surface area contributed by atoms with E-state index in [4.69, 9.17) is 9.47 Å². The molecule has 1 aromatic heterocycles. The second kappa shape index (κ2) is 7.89. The van der Waals surface area contributed by atoms with Crippen LogP contribution in [0.2, 0.25) is 0 Å². The fraction of sp³-hybridized carbons (Fsp3) is 0.615. The van der Waals surface area contributed by atoms with Crippen molar-refractivity contribution in [2.24, 2.45) is 0 Å². The van der Waals surface area contributed by atoms with E-state index in [1.807, 2.05) is 0 Å². The molecule has 0 aromatic carbocycles. The van der Waals surface area contributed by atoms with Crippen LogP contribution < -0.4 is 14.8 Å². The molecule has 0 radical (unpaired) electrons. The third-order valence-corrected chi connectivity index (χ3v) is 2.87. The van der Waals surface area contributed by atoms with E-state index in [0.29, 0.717) is 12.3 Å². The minimum absolute atomic E-state index is 0.678. The van der Waals surface area contributed by atoms with Crippen LogP contribution in [0.15, 0.2) is 12.3 Å². The second-order valence-corrected chi connectivity index (χ2v) is 4.07. The summed E-state index contributed by atoms with van der Waals surface area (Å²) < 4.78 is 10.6. The highest BCUT2D eigenvalue weighted by molar-refractivity contribution is 5.42. The van der Waals surface area contributed by atoms with Crippen LogP contribution in [-0.4, -0.2) is 50.8 Å². The number of nitrogens with zero attached hydrogens (tertiary/aromatic N) is 2. The van der Waals surface area contributed by atoms with E-state index < -0.39 is 0 Å². The van der Waals surface area contributed by atoms with Gasteiger partial charge in [0.15, 0.2) is 11.5 Å². The van der Waals surface area contributed by atoms with E-state index in [-0.39, 0.29) is 0 Å². The summed E-state index contributed by atoms with van der Waals surface area (Å²) in [5.41, 5.74) is 0.871. The van der Waals surface area contributed by atoms with Crippen LogP contribution in [0.25, 0.3) is 0 Å². The zero-order valence-electron chi connectivity index (χ0n) is 11.7. The van der Waals surface area contributed by atoms with E-state index in [2.05, 4.69) is 29.2 Å². The smallest absolute Gasteiger partial charge is 0.183 e. The van der Waals surface area contributed by atoms with Crippen molar-refractivity contribution in [2.75, 3.05) is 40.9 Å². The number of ether oxygens (including phenoxy) is 2. The van der Waals surface area contributed by atoms with Crippen LogP contribution in [0.4, 0.5) is 0 Å². The monoisotopic (exact) mass is 253 g/mol. The molecule has 102 valence electrons. The van der Waals surface area contributed by atoms with Gasteiger partial charge in [0.25, 0.3) is 0 Å². The van der Waals surface area contributed by atoms with Crippen molar-refractivity contribution in [3.8, 4) is 11.5 Å². The SMILES string of the molecule is CCN(C)CCNCc1nccc(OC)c1OC. The van der Waals surface area contributed by atoms with E-state index in [1.54, 1.807) is 26.5 Å². The van der Waals surface area contributed by atoms with Crippen LogP contribution in [0.3, 0.4) is 0 Å². The molecule has 0 bridgehead atoms. The molecule has 1 rings (SSSR count). The highest BCUT2D eigenvalue weighted by Crippen LogP contribution is 2.28. The van der Waals surface area contributed by atoms with Gasteiger partial charge >= 0.3 is 0 Å². The molecular formula is C13H23N3O2. The van der Waals surface area contributed by atoms with Gasteiger partial charge < -0.3 is 19.7 Å². The van der Waals surface area contributed by atoms with Gasteiger partial charge in [-0.05, 0) is 13.6 Å². The maximum atomic E-state index is 5.33. The molecule has 0 unspecified atom stereocenters. The van der Waals surface area contributed by atoms with Crippen molar-refractivity contribution < 1.29 is 9.47 Å². The number of aromatic nitrogens is 1. The van der Waals surface area contributed by atoms with Crippen molar-refractivity contribution in [1.82, 2.24) is 15.2 Å². The number of nitrogens with one attached hydrogen (secondary N) is 1. The minimum atomic E-state index is 0.678. The molecule has 5 nitrogen and oxygen atoms in total. The fourth-order valence-electron chi connectivity index (χ4n) is 1.61. The summed E-state index contributed by atoms with van der Waals surface area (Å²) in [5.74, 6) is 1.42. The van der Waals surface area contributed by atoms with E-state index in [0.717, 1.165) is 31.1 Å². The maximum Gasteiger partial charge on any atom is 0.183 e. The molecule has 0 aliphatic carbocycles. The van der Waals surface area contributed by atoms with Gasteiger partial charge in [-0.3, -0.25) is 4.98 Å². The molecule has 18 heavy (non-hydrogen) atoms. The van der Waals surface area contributed by atoms with Crippen molar-refractivity contribution in [3.05, 3.63) is 18.0 Å². The predicted molar refractivity (Wildman–Crippen MR) is 72.2 cm³/mol. The van der Waals surface area contributed by atoms with E-state index in [9.17, 15) is 0 Å². The molecule has 0 aliphatic heterocycles. The number of hydrogen-bond donors (Lipinski definition) is 1. The van der Waals surface area contributed by atoms with Crippen molar-refractivity contribution in [1.29, 1.82) is 0 Å². The average Bonchev–Trinajstić information content (AvgIpc) is 2.42. The first kappa shape index (κ1) is 14.7. The second-order valence-electron chi connectivity index (χ2n) is 4.07. The molecule has 0 spiro atoms. The Kier molecular flexibility index (Phi) is 6.46. The first-order chi connectivity index (χ1) is 8.72. The number of hydrogen-bond acceptors (Lipinski definition) is 5. The lowest BCUT2D eigenvalue weighted by Gasteiger charge is -2.15. The summed E-state index contributed by atoms with van der Waals surface area (Å²) in [7, 11) is 5.37. The minimum Gasteiger partial charge on any atom is -0.493 e. The van der Waals surface area contributed by atoms with Gasteiger partial charge in [0.1, 0.15) is 0 Å².